The van der Waals surface area contributed by atoms with E-state index in [0.29, 0.717) is 23.4 Å². The van der Waals surface area contributed by atoms with Gasteiger partial charge in [0.1, 0.15) is 15.6 Å². The molecule has 6 nitrogen and oxygen atoms in total. The predicted molar refractivity (Wildman–Crippen MR) is 92.9 cm³/mol. The summed E-state index contributed by atoms with van der Waals surface area (Å²) in [7, 11) is 0. The van der Waals surface area contributed by atoms with Crippen LogP contribution in [0.3, 0.4) is 0 Å². The summed E-state index contributed by atoms with van der Waals surface area (Å²) < 4.78 is 47.5. The van der Waals surface area contributed by atoms with Gasteiger partial charge in [-0.15, -0.1) is 11.3 Å². The Morgan fingerprint density at radius 1 is 1.30 bits per heavy atom. The molecule has 3 aromatic rings. The molecule has 1 aromatic carbocycles. The minimum atomic E-state index is -4.65. The summed E-state index contributed by atoms with van der Waals surface area (Å²) in [4.78, 5) is 17.0. The summed E-state index contributed by atoms with van der Waals surface area (Å²) in [5.41, 5.74) is 0.0375. The van der Waals surface area contributed by atoms with Crippen LogP contribution in [0.2, 0.25) is 0 Å². The molecular formula is C17H14F3N3O3S. The largest absolute Gasteiger partial charge is 0.494 e. The molecule has 0 saturated carbocycles. The predicted octanol–water partition coefficient (Wildman–Crippen LogP) is 4.78. The van der Waals surface area contributed by atoms with Gasteiger partial charge in [0.2, 0.25) is 5.88 Å². The number of thiazole rings is 1. The van der Waals surface area contributed by atoms with E-state index in [9.17, 15) is 18.0 Å². The van der Waals surface area contributed by atoms with Crippen LogP contribution >= 0.6 is 11.3 Å². The van der Waals surface area contributed by atoms with Gasteiger partial charge in [-0.1, -0.05) is 5.16 Å². The number of hydrogen-bond acceptors (Lipinski definition) is 6. The summed E-state index contributed by atoms with van der Waals surface area (Å²) in [6, 6.07) is 7.85. The minimum absolute atomic E-state index is 0.267. The number of amides is 1. The van der Waals surface area contributed by atoms with Crippen molar-refractivity contribution in [2.45, 2.75) is 20.0 Å². The van der Waals surface area contributed by atoms with Gasteiger partial charge in [-0.05, 0) is 38.1 Å². The first-order valence-corrected chi connectivity index (χ1v) is 8.65. The van der Waals surface area contributed by atoms with Crippen molar-refractivity contribution in [1.82, 2.24) is 10.1 Å². The van der Waals surface area contributed by atoms with E-state index in [4.69, 9.17) is 4.74 Å². The molecule has 0 atom stereocenters. The number of hydrogen-bond donors (Lipinski definition) is 1. The van der Waals surface area contributed by atoms with Crippen LogP contribution in [0.5, 0.6) is 5.75 Å². The van der Waals surface area contributed by atoms with Crippen molar-refractivity contribution in [2.24, 2.45) is 0 Å². The SMILES string of the molecule is CCOc1ccc(-c2nc(C)c(C(=O)Nc3cc(C(F)(F)F)no3)s2)cc1. The molecule has 1 N–H and O–H groups in total. The Morgan fingerprint density at radius 2 is 2.00 bits per heavy atom. The molecule has 0 unspecified atom stereocenters. The Labute approximate surface area is 156 Å². The number of rotatable bonds is 5. The standard InChI is InChI=1S/C17H14F3N3O3S/c1-3-25-11-6-4-10(5-7-11)16-21-9(2)14(27-16)15(24)22-13-8-12(23-26-13)17(18,19)20/h4-8H,3H2,1-2H3,(H,22,24). The quantitative estimate of drug-likeness (QED) is 0.671. The number of ether oxygens (including phenoxy) is 1. The summed E-state index contributed by atoms with van der Waals surface area (Å²) in [5, 5.41) is 5.76. The van der Waals surface area contributed by atoms with Crippen molar-refractivity contribution in [3.8, 4) is 16.3 Å². The second kappa shape index (κ2) is 7.39. The molecule has 2 aromatic heterocycles. The molecule has 0 saturated heterocycles. The van der Waals surface area contributed by atoms with Gasteiger partial charge in [-0.25, -0.2) is 4.98 Å². The number of alkyl halides is 3. The van der Waals surface area contributed by atoms with Crippen molar-refractivity contribution in [3.63, 3.8) is 0 Å². The average Bonchev–Trinajstić information content (AvgIpc) is 3.22. The van der Waals surface area contributed by atoms with Gasteiger partial charge in [0.25, 0.3) is 5.91 Å². The average molecular weight is 397 g/mol. The maximum absolute atomic E-state index is 12.5. The van der Waals surface area contributed by atoms with Crippen molar-refractivity contribution in [1.29, 1.82) is 0 Å². The summed E-state index contributed by atoms with van der Waals surface area (Å²) in [6.07, 6.45) is -4.65. The van der Waals surface area contributed by atoms with Gasteiger partial charge >= 0.3 is 6.18 Å². The van der Waals surface area contributed by atoms with E-state index in [1.165, 1.54) is 0 Å². The number of nitrogens with zero attached hydrogens (tertiary/aromatic N) is 2. The molecule has 0 fully saturated rings. The first-order valence-electron chi connectivity index (χ1n) is 7.84. The molecule has 0 aliphatic carbocycles. The third kappa shape index (κ3) is 4.27. The first kappa shape index (κ1) is 18.9. The first-order chi connectivity index (χ1) is 12.8. The van der Waals surface area contributed by atoms with Crippen molar-refractivity contribution < 1.29 is 27.2 Å². The van der Waals surface area contributed by atoms with E-state index >= 15 is 0 Å². The number of aryl methyl sites for hydroxylation is 1. The number of carbonyl (C=O) groups excluding carboxylic acids is 1. The molecule has 0 aliphatic heterocycles. The molecule has 2 heterocycles. The van der Waals surface area contributed by atoms with Crippen molar-refractivity contribution in [3.05, 3.63) is 46.6 Å². The molecular weight excluding hydrogens is 383 g/mol. The molecule has 0 bridgehead atoms. The lowest BCUT2D eigenvalue weighted by atomic mass is 10.2. The molecule has 3 rings (SSSR count). The lowest BCUT2D eigenvalue weighted by Crippen LogP contribution is -2.11. The number of benzene rings is 1. The summed E-state index contributed by atoms with van der Waals surface area (Å²) in [5.74, 6) is -0.284. The number of nitrogens with one attached hydrogen (secondary N) is 1. The van der Waals surface area contributed by atoms with Gasteiger partial charge in [0, 0.05) is 11.6 Å². The fraction of sp³-hybridized carbons (Fsp3) is 0.235. The molecule has 10 heteroatoms. The monoisotopic (exact) mass is 397 g/mol. The molecule has 27 heavy (non-hydrogen) atoms. The van der Waals surface area contributed by atoms with Crippen LogP contribution < -0.4 is 10.1 Å². The van der Waals surface area contributed by atoms with E-state index in [1.54, 1.807) is 19.1 Å². The summed E-state index contributed by atoms with van der Waals surface area (Å²) in [6.45, 7) is 4.08. The molecule has 0 aliphatic rings. The van der Waals surface area contributed by atoms with Crippen LogP contribution in [0.15, 0.2) is 34.9 Å². The topological polar surface area (TPSA) is 77.2 Å². The van der Waals surface area contributed by atoms with Crippen LogP contribution in [0.4, 0.5) is 19.1 Å². The zero-order valence-electron chi connectivity index (χ0n) is 14.3. The molecule has 0 spiro atoms. The highest BCUT2D eigenvalue weighted by Gasteiger charge is 2.35. The highest BCUT2D eigenvalue weighted by Crippen LogP contribution is 2.32. The maximum Gasteiger partial charge on any atom is 0.436 e. The Hall–Kier alpha value is -2.88. The smallest absolute Gasteiger partial charge is 0.436 e. The van der Waals surface area contributed by atoms with Gasteiger partial charge in [-0.3, -0.25) is 10.1 Å². The number of halogens is 3. The Balaban J connectivity index is 1.77. The number of aromatic nitrogens is 2. The van der Waals surface area contributed by atoms with Crippen LogP contribution in [0.1, 0.15) is 28.0 Å². The Morgan fingerprint density at radius 3 is 2.59 bits per heavy atom. The van der Waals surface area contributed by atoms with Crippen LogP contribution in [-0.2, 0) is 6.18 Å². The highest BCUT2D eigenvalue weighted by atomic mass is 32.1. The normalized spacial score (nSPS) is 11.4. The van der Waals surface area contributed by atoms with E-state index in [0.717, 1.165) is 22.6 Å². The Kier molecular flexibility index (Phi) is 5.17. The lowest BCUT2D eigenvalue weighted by molar-refractivity contribution is -0.142. The molecule has 0 radical (unpaired) electrons. The van der Waals surface area contributed by atoms with Crippen molar-refractivity contribution >= 4 is 23.1 Å². The highest BCUT2D eigenvalue weighted by molar-refractivity contribution is 7.17. The van der Waals surface area contributed by atoms with E-state index in [-0.39, 0.29) is 10.8 Å². The lowest BCUT2D eigenvalue weighted by Gasteiger charge is -2.02. The van der Waals surface area contributed by atoms with Crippen LogP contribution in [0, 0.1) is 6.92 Å². The molecule has 142 valence electrons. The van der Waals surface area contributed by atoms with Crippen LogP contribution in [-0.4, -0.2) is 22.7 Å². The zero-order chi connectivity index (χ0) is 19.6. The van der Waals surface area contributed by atoms with Crippen LogP contribution in [0.25, 0.3) is 10.6 Å². The fourth-order valence-electron chi connectivity index (χ4n) is 2.23. The number of anilines is 1. The van der Waals surface area contributed by atoms with Crippen molar-refractivity contribution in [2.75, 3.05) is 11.9 Å². The summed E-state index contributed by atoms with van der Waals surface area (Å²) >= 11 is 1.12. The third-order valence-corrected chi connectivity index (χ3v) is 4.66. The maximum atomic E-state index is 12.5. The number of carbonyl (C=O) groups is 1. The van der Waals surface area contributed by atoms with Gasteiger partial charge in [-0.2, -0.15) is 13.2 Å². The second-order valence-electron chi connectivity index (χ2n) is 5.42. The fourth-order valence-corrected chi connectivity index (χ4v) is 3.19. The van der Waals surface area contributed by atoms with Gasteiger partial charge < -0.3 is 9.26 Å². The van der Waals surface area contributed by atoms with E-state index < -0.39 is 17.8 Å². The van der Waals surface area contributed by atoms with Gasteiger partial charge in [0.05, 0.1) is 12.3 Å². The zero-order valence-corrected chi connectivity index (χ0v) is 15.1. The third-order valence-electron chi connectivity index (χ3n) is 3.45. The minimum Gasteiger partial charge on any atom is -0.494 e. The Bertz CT molecular complexity index is 948. The van der Waals surface area contributed by atoms with E-state index in [1.807, 2.05) is 19.1 Å². The molecule has 1 amide bonds. The van der Waals surface area contributed by atoms with Gasteiger partial charge in [0.15, 0.2) is 5.69 Å². The second-order valence-corrected chi connectivity index (χ2v) is 6.42. The van der Waals surface area contributed by atoms with E-state index in [2.05, 4.69) is 20.0 Å².